The highest BCUT2D eigenvalue weighted by atomic mass is 79.9. The Balaban J connectivity index is 1.50. The summed E-state index contributed by atoms with van der Waals surface area (Å²) in [6.45, 7) is -0.00936. The molecule has 0 aliphatic heterocycles. The highest BCUT2D eigenvalue weighted by molar-refractivity contribution is 9.10. The van der Waals surface area contributed by atoms with Gasteiger partial charge in [-0.3, -0.25) is 4.79 Å². The van der Waals surface area contributed by atoms with Gasteiger partial charge in [0, 0.05) is 15.5 Å². The van der Waals surface area contributed by atoms with Crippen molar-refractivity contribution in [2.45, 2.75) is 12.8 Å². The molecule has 0 saturated heterocycles. The summed E-state index contributed by atoms with van der Waals surface area (Å²) in [4.78, 5) is 12.2. The van der Waals surface area contributed by atoms with Gasteiger partial charge in [-0.2, -0.15) is 0 Å². The Morgan fingerprint density at radius 3 is 2.54 bits per heavy atom. The van der Waals surface area contributed by atoms with E-state index in [4.69, 9.17) is 4.74 Å². The maximum Gasteiger partial charge on any atom is 0.262 e. The molecule has 1 aliphatic carbocycles. The summed E-state index contributed by atoms with van der Waals surface area (Å²) in [5.74, 6) is 0.519. The molecule has 3 nitrogen and oxygen atoms in total. The smallest absolute Gasteiger partial charge is 0.262 e. The molecule has 1 amide bonds. The lowest BCUT2D eigenvalue weighted by Gasteiger charge is -2.11. The number of anilines is 1. The third-order valence-electron chi connectivity index (χ3n) is 4.33. The molecular weight excluding hydrogens is 366 g/mol. The maximum absolute atomic E-state index is 12.2. The zero-order chi connectivity index (χ0) is 16.5. The summed E-state index contributed by atoms with van der Waals surface area (Å²) in [6.07, 6.45) is 2.16. The van der Waals surface area contributed by atoms with E-state index in [1.807, 2.05) is 30.3 Å². The Hall–Kier alpha value is -2.33. The first-order valence-electron chi connectivity index (χ1n) is 7.92. The van der Waals surface area contributed by atoms with Crippen molar-refractivity contribution < 1.29 is 9.53 Å². The van der Waals surface area contributed by atoms with Gasteiger partial charge in [0.25, 0.3) is 5.91 Å². The summed E-state index contributed by atoms with van der Waals surface area (Å²) in [6, 6.07) is 17.8. The molecule has 0 aromatic heterocycles. The van der Waals surface area contributed by atoms with Crippen molar-refractivity contribution in [2.75, 3.05) is 11.9 Å². The van der Waals surface area contributed by atoms with Crippen molar-refractivity contribution in [2.24, 2.45) is 0 Å². The third-order valence-corrected chi connectivity index (χ3v) is 4.86. The number of benzene rings is 3. The van der Waals surface area contributed by atoms with E-state index in [1.165, 1.54) is 16.5 Å². The largest absolute Gasteiger partial charge is 0.484 e. The third kappa shape index (κ3) is 2.89. The Labute approximate surface area is 148 Å². The number of hydrogen-bond donors (Lipinski definition) is 1. The lowest BCUT2D eigenvalue weighted by Crippen LogP contribution is -2.20. The molecule has 0 atom stereocenters. The van der Waals surface area contributed by atoms with E-state index >= 15 is 0 Å². The fourth-order valence-electron chi connectivity index (χ4n) is 3.22. The number of carbonyl (C=O) groups is 1. The van der Waals surface area contributed by atoms with Gasteiger partial charge >= 0.3 is 0 Å². The second-order valence-corrected chi connectivity index (χ2v) is 6.82. The molecular formula is C20H16BrNO2. The van der Waals surface area contributed by atoms with Crippen LogP contribution in [0.5, 0.6) is 5.75 Å². The van der Waals surface area contributed by atoms with Crippen molar-refractivity contribution in [3.63, 3.8) is 0 Å². The summed E-state index contributed by atoms with van der Waals surface area (Å²) >= 11 is 3.37. The van der Waals surface area contributed by atoms with Crippen molar-refractivity contribution in [1.29, 1.82) is 0 Å². The molecule has 0 radical (unpaired) electrons. The molecule has 0 spiro atoms. The standard InChI is InChI=1S/C20H16BrNO2/c21-15-7-9-16(10-8-15)24-12-19(23)22-18-11-6-14-5-4-13-2-1-3-17(18)20(13)14/h1-3,6-11H,4-5,12H2,(H,22,23). The van der Waals surface area contributed by atoms with Gasteiger partial charge in [0.05, 0.1) is 0 Å². The Bertz CT molecular complexity index is 909. The summed E-state index contributed by atoms with van der Waals surface area (Å²) in [7, 11) is 0. The minimum absolute atomic E-state index is 0.00936. The Morgan fingerprint density at radius 1 is 1.00 bits per heavy atom. The maximum atomic E-state index is 12.2. The minimum atomic E-state index is -0.156. The number of halogens is 1. The van der Waals surface area contributed by atoms with Gasteiger partial charge in [0.2, 0.25) is 0 Å². The van der Waals surface area contributed by atoms with Crippen LogP contribution in [0.3, 0.4) is 0 Å². The van der Waals surface area contributed by atoms with Crippen LogP contribution in [0.25, 0.3) is 10.8 Å². The normalized spacial score (nSPS) is 12.4. The van der Waals surface area contributed by atoms with Gasteiger partial charge in [0.1, 0.15) is 5.75 Å². The predicted octanol–water partition coefficient (Wildman–Crippen LogP) is 4.72. The second kappa shape index (κ2) is 6.29. The zero-order valence-electron chi connectivity index (χ0n) is 13.0. The summed E-state index contributed by atoms with van der Waals surface area (Å²) in [5.41, 5.74) is 3.58. The van der Waals surface area contributed by atoms with E-state index in [2.05, 4.69) is 45.5 Å². The van der Waals surface area contributed by atoms with E-state index in [1.54, 1.807) is 0 Å². The van der Waals surface area contributed by atoms with E-state index < -0.39 is 0 Å². The number of hydrogen-bond acceptors (Lipinski definition) is 2. The van der Waals surface area contributed by atoms with Crippen LogP contribution in [-0.2, 0) is 17.6 Å². The van der Waals surface area contributed by atoms with Gasteiger partial charge in [-0.1, -0.05) is 40.2 Å². The van der Waals surface area contributed by atoms with Crippen molar-refractivity contribution in [3.05, 3.63) is 70.2 Å². The Kier molecular flexibility index (Phi) is 3.98. The second-order valence-electron chi connectivity index (χ2n) is 5.90. The number of amides is 1. The average Bonchev–Trinajstić information content (AvgIpc) is 3.02. The molecule has 3 aromatic rings. The van der Waals surface area contributed by atoms with E-state index in [0.717, 1.165) is 28.4 Å². The predicted molar refractivity (Wildman–Crippen MR) is 99.6 cm³/mol. The SMILES string of the molecule is O=C(COc1ccc(Br)cc1)Nc1ccc2c3c(cccc13)CC2. The van der Waals surface area contributed by atoms with Gasteiger partial charge in [-0.25, -0.2) is 0 Å². The molecule has 0 fully saturated rings. The van der Waals surface area contributed by atoms with Gasteiger partial charge in [0.15, 0.2) is 6.61 Å². The van der Waals surface area contributed by atoms with E-state index in [-0.39, 0.29) is 12.5 Å². The fourth-order valence-corrected chi connectivity index (χ4v) is 3.49. The zero-order valence-corrected chi connectivity index (χ0v) is 14.6. The van der Waals surface area contributed by atoms with Gasteiger partial charge in [-0.15, -0.1) is 0 Å². The molecule has 24 heavy (non-hydrogen) atoms. The first kappa shape index (κ1) is 15.2. The van der Waals surface area contributed by atoms with Gasteiger partial charge < -0.3 is 10.1 Å². The van der Waals surface area contributed by atoms with Crippen LogP contribution in [0.4, 0.5) is 5.69 Å². The minimum Gasteiger partial charge on any atom is -0.484 e. The van der Waals surface area contributed by atoms with Crippen LogP contribution in [0.15, 0.2) is 59.1 Å². The highest BCUT2D eigenvalue weighted by Crippen LogP contribution is 2.34. The van der Waals surface area contributed by atoms with Crippen LogP contribution >= 0.6 is 15.9 Å². The lowest BCUT2D eigenvalue weighted by atomic mass is 10.0. The van der Waals surface area contributed by atoms with Crippen LogP contribution in [0.2, 0.25) is 0 Å². The molecule has 1 N–H and O–H groups in total. The van der Waals surface area contributed by atoms with Crippen LogP contribution in [0, 0.1) is 0 Å². The fraction of sp³-hybridized carbons (Fsp3) is 0.150. The number of aryl methyl sites for hydroxylation is 2. The van der Waals surface area contributed by atoms with Crippen molar-refractivity contribution in [1.82, 2.24) is 0 Å². The summed E-state index contributed by atoms with van der Waals surface area (Å²) in [5, 5.41) is 5.38. The number of rotatable bonds is 4. The lowest BCUT2D eigenvalue weighted by molar-refractivity contribution is -0.118. The van der Waals surface area contributed by atoms with E-state index in [0.29, 0.717) is 5.75 Å². The molecule has 3 aromatic carbocycles. The average molecular weight is 382 g/mol. The van der Waals surface area contributed by atoms with E-state index in [9.17, 15) is 4.79 Å². The molecule has 4 rings (SSSR count). The molecule has 0 heterocycles. The Morgan fingerprint density at radius 2 is 1.75 bits per heavy atom. The monoisotopic (exact) mass is 381 g/mol. The molecule has 1 aliphatic rings. The molecule has 0 saturated carbocycles. The number of carbonyl (C=O) groups excluding carboxylic acids is 1. The first-order valence-corrected chi connectivity index (χ1v) is 8.72. The molecule has 120 valence electrons. The van der Waals surface area contributed by atoms with Crippen molar-refractivity contribution >= 4 is 38.3 Å². The number of nitrogens with one attached hydrogen (secondary N) is 1. The molecule has 4 heteroatoms. The first-order chi connectivity index (χ1) is 11.7. The van der Waals surface area contributed by atoms with Gasteiger partial charge in [-0.05, 0) is 59.7 Å². The quantitative estimate of drug-likeness (QED) is 0.709. The molecule has 0 unspecified atom stereocenters. The van der Waals surface area contributed by atoms with Crippen LogP contribution < -0.4 is 10.1 Å². The number of ether oxygens (including phenoxy) is 1. The summed E-state index contributed by atoms with van der Waals surface area (Å²) < 4.78 is 6.51. The van der Waals surface area contributed by atoms with Crippen LogP contribution in [-0.4, -0.2) is 12.5 Å². The topological polar surface area (TPSA) is 38.3 Å². The van der Waals surface area contributed by atoms with Crippen LogP contribution in [0.1, 0.15) is 11.1 Å². The molecule has 0 bridgehead atoms. The van der Waals surface area contributed by atoms with Crippen molar-refractivity contribution in [3.8, 4) is 5.75 Å². The highest BCUT2D eigenvalue weighted by Gasteiger charge is 2.16.